The minimum atomic E-state index is -1.20. The van der Waals surface area contributed by atoms with Crippen LogP contribution < -0.4 is 10.2 Å². The third-order valence-corrected chi connectivity index (χ3v) is 3.77. The second kappa shape index (κ2) is 6.42. The van der Waals surface area contributed by atoms with Gasteiger partial charge >= 0.3 is 5.97 Å². The van der Waals surface area contributed by atoms with E-state index in [1.54, 1.807) is 18.6 Å². The van der Waals surface area contributed by atoms with Crippen LogP contribution in [0.3, 0.4) is 0 Å². The third-order valence-electron chi connectivity index (χ3n) is 3.77. The molecule has 1 aliphatic rings. The molecule has 0 atom stereocenters. The van der Waals surface area contributed by atoms with Crippen LogP contribution in [0.25, 0.3) is 0 Å². The lowest BCUT2D eigenvalue weighted by molar-refractivity contribution is 0.0684. The van der Waals surface area contributed by atoms with Gasteiger partial charge in [-0.15, -0.1) is 0 Å². The molecular formula is C14H16N6O3. The van der Waals surface area contributed by atoms with Gasteiger partial charge < -0.3 is 20.3 Å². The lowest BCUT2D eigenvalue weighted by atomic mass is 10.0. The number of nitrogens with zero attached hydrogens (tertiary/aromatic N) is 4. The first-order valence-electron chi connectivity index (χ1n) is 7.23. The molecule has 0 bridgehead atoms. The van der Waals surface area contributed by atoms with Crippen LogP contribution in [-0.2, 0) is 0 Å². The van der Waals surface area contributed by atoms with Gasteiger partial charge in [-0.25, -0.2) is 14.8 Å². The molecule has 3 rings (SSSR count). The van der Waals surface area contributed by atoms with Crippen molar-refractivity contribution >= 4 is 17.7 Å². The highest BCUT2D eigenvalue weighted by molar-refractivity contribution is 6.02. The Balaban J connectivity index is 1.57. The molecule has 0 aliphatic carbocycles. The molecule has 0 radical (unpaired) electrons. The minimum absolute atomic E-state index is 0.0197. The van der Waals surface area contributed by atoms with Crippen LogP contribution >= 0.6 is 0 Å². The molecule has 1 amide bonds. The normalized spacial score (nSPS) is 15.4. The summed E-state index contributed by atoms with van der Waals surface area (Å²) in [4.78, 5) is 39.8. The van der Waals surface area contributed by atoms with Crippen LogP contribution in [0.1, 0.15) is 33.8 Å². The Hall–Kier alpha value is -2.97. The summed E-state index contributed by atoms with van der Waals surface area (Å²) in [6.07, 6.45) is 7.68. The number of nitrogens with one attached hydrogen (secondary N) is 2. The maximum atomic E-state index is 12.2. The molecule has 1 saturated heterocycles. The number of rotatable bonds is 4. The zero-order chi connectivity index (χ0) is 16.2. The quantitative estimate of drug-likeness (QED) is 0.740. The Kier molecular flexibility index (Phi) is 4.18. The molecule has 0 spiro atoms. The van der Waals surface area contributed by atoms with Crippen molar-refractivity contribution in [3.63, 3.8) is 0 Å². The molecule has 0 saturated carbocycles. The number of anilines is 1. The van der Waals surface area contributed by atoms with Gasteiger partial charge in [0.15, 0.2) is 11.4 Å². The topological polar surface area (TPSA) is 124 Å². The second-order valence-electron chi connectivity index (χ2n) is 5.23. The smallest absolute Gasteiger partial charge is 0.354 e. The van der Waals surface area contributed by atoms with Crippen molar-refractivity contribution in [1.82, 2.24) is 25.3 Å². The Morgan fingerprint density at radius 2 is 2.04 bits per heavy atom. The van der Waals surface area contributed by atoms with Gasteiger partial charge in [0.2, 0.25) is 0 Å². The molecule has 3 N–H and O–H groups in total. The molecule has 3 heterocycles. The van der Waals surface area contributed by atoms with Crippen molar-refractivity contribution < 1.29 is 14.7 Å². The van der Waals surface area contributed by atoms with E-state index < -0.39 is 11.9 Å². The number of hydrogen-bond donors (Lipinski definition) is 3. The number of H-pyrrole nitrogens is 1. The average molecular weight is 316 g/mol. The van der Waals surface area contributed by atoms with Crippen molar-refractivity contribution in [2.75, 3.05) is 18.0 Å². The lowest BCUT2D eigenvalue weighted by Crippen LogP contribution is -2.45. The van der Waals surface area contributed by atoms with Crippen molar-refractivity contribution in [1.29, 1.82) is 0 Å². The van der Waals surface area contributed by atoms with E-state index in [1.807, 2.05) is 0 Å². The van der Waals surface area contributed by atoms with E-state index in [1.165, 1.54) is 6.33 Å². The molecule has 9 nitrogen and oxygen atoms in total. The number of piperidine rings is 1. The van der Waals surface area contributed by atoms with Crippen molar-refractivity contribution in [2.24, 2.45) is 0 Å². The highest BCUT2D eigenvalue weighted by Gasteiger charge is 2.25. The summed E-state index contributed by atoms with van der Waals surface area (Å²) in [6, 6.07) is -0.0197. The number of amides is 1. The molecule has 9 heteroatoms. The van der Waals surface area contributed by atoms with E-state index in [0.717, 1.165) is 31.7 Å². The summed E-state index contributed by atoms with van der Waals surface area (Å²) >= 11 is 0. The van der Waals surface area contributed by atoms with E-state index in [9.17, 15) is 9.59 Å². The van der Waals surface area contributed by atoms with Crippen LogP contribution in [0.2, 0.25) is 0 Å². The molecule has 2 aromatic rings. The summed E-state index contributed by atoms with van der Waals surface area (Å²) in [5, 5.41) is 11.8. The van der Waals surface area contributed by atoms with Gasteiger partial charge in [-0.05, 0) is 12.8 Å². The zero-order valence-electron chi connectivity index (χ0n) is 12.3. The third kappa shape index (κ3) is 3.28. The summed E-state index contributed by atoms with van der Waals surface area (Å²) in [5.41, 5.74) is -0.284. The predicted molar refractivity (Wildman–Crippen MR) is 80.3 cm³/mol. The second-order valence-corrected chi connectivity index (χ2v) is 5.23. The molecule has 0 unspecified atom stereocenters. The van der Waals surface area contributed by atoms with Gasteiger partial charge in [0.25, 0.3) is 5.91 Å². The number of aromatic amines is 1. The number of carbonyl (C=O) groups excluding carboxylic acids is 1. The average Bonchev–Trinajstić information content (AvgIpc) is 3.06. The van der Waals surface area contributed by atoms with Crippen LogP contribution in [0.4, 0.5) is 5.82 Å². The maximum absolute atomic E-state index is 12.2. The lowest BCUT2D eigenvalue weighted by Gasteiger charge is -2.32. The van der Waals surface area contributed by atoms with Crippen LogP contribution in [0.15, 0.2) is 24.9 Å². The van der Waals surface area contributed by atoms with E-state index in [0.29, 0.717) is 0 Å². The standard InChI is InChI=1S/C14H16N6O3/c21-13(11-12(14(22)23)18-8-17-11)19-9-1-5-20(6-2-9)10-7-15-3-4-16-10/h3-4,7-9H,1-2,5-6H2,(H,17,18)(H,19,21)(H,22,23). The minimum Gasteiger partial charge on any atom is -0.477 e. The van der Waals surface area contributed by atoms with Crippen molar-refractivity contribution in [2.45, 2.75) is 18.9 Å². The maximum Gasteiger partial charge on any atom is 0.354 e. The first kappa shape index (κ1) is 14.9. The molecule has 0 aromatic carbocycles. The molecule has 1 aliphatic heterocycles. The fraction of sp³-hybridized carbons (Fsp3) is 0.357. The molecular weight excluding hydrogens is 300 g/mol. The highest BCUT2D eigenvalue weighted by Crippen LogP contribution is 2.17. The molecule has 1 fully saturated rings. The van der Waals surface area contributed by atoms with Gasteiger partial charge in [0.05, 0.1) is 12.5 Å². The zero-order valence-corrected chi connectivity index (χ0v) is 12.3. The molecule has 2 aromatic heterocycles. The number of aromatic carboxylic acids is 1. The number of carboxylic acid groups (broad SMARTS) is 1. The number of carboxylic acids is 1. The van der Waals surface area contributed by atoms with Gasteiger partial charge in [-0.3, -0.25) is 9.78 Å². The Labute approximate surface area is 131 Å². The predicted octanol–water partition coefficient (Wildman–Crippen LogP) is 0.297. The van der Waals surface area contributed by atoms with Gasteiger partial charge in [0.1, 0.15) is 5.82 Å². The molecule has 23 heavy (non-hydrogen) atoms. The van der Waals surface area contributed by atoms with Crippen molar-refractivity contribution in [3.8, 4) is 0 Å². The number of imidazole rings is 1. The van der Waals surface area contributed by atoms with E-state index >= 15 is 0 Å². The first-order chi connectivity index (χ1) is 11.1. The van der Waals surface area contributed by atoms with Crippen LogP contribution in [0, 0.1) is 0 Å². The monoisotopic (exact) mass is 316 g/mol. The van der Waals surface area contributed by atoms with Crippen molar-refractivity contribution in [3.05, 3.63) is 36.3 Å². The highest BCUT2D eigenvalue weighted by atomic mass is 16.4. The van der Waals surface area contributed by atoms with Gasteiger partial charge in [0, 0.05) is 31.5 Å². The Bertz CT molecular complexity index is 694. The van der Waals surface area contributed by atoms with Gasteiger partial charge in [-0.1, -0.05) is 0 Å². The van der Waals surface area contributed by atoms with E-state index in [2.05, 4.69) is 30.2 Å². The summed E-state index contributed by atoms with van der Waals surface area (Å²) in [6.45, 7) is 1.49. The summed E-state index contributed by atoms with van der Waals surface area (Å²) in [7, 11) is 0. The fourth-order valence-corrected chi connectivity index (χ4v) is 2.59. The van der Waals surface area contributed by atoms with Gasteiger partial charge in [-0.2, -0.15) is 0 Å². The Morgan fingerprint density at radius 3 is 2.70 bits per heavy atom. The van der Waals surface area contributed by atoms with E-state index in [-0.39, 0.29) is 17.4 Å². The number of hydrogen-bond acceptors (Lipinski definition) is 6. The first-order valence-corrected chi connectivity index (χ1v) is 7.23. The fourth-order valence-electron chi connectivity index (χ4n) is 2.59. The molecule has 120 valence electrons. The number of carbonyl (C=O) groups is 2. The van der Waals surface area contributed by atoms with Crippen LogP contribution in [0.5, 0.6) is 0 Å². The number of aromatic nitrogens is 4. The van der Waals surface area contributed by atoms with E-state index in [4.69, 9.17) is 5.11 Å². The Morgan fingerprint density at radius 1 is 1.26 bits per heavy atom. The summed E-state index contributed by atoms with van der Waals surface area (Å²) in [5.74, 6) is -0.857. The SMILES string of the molecule is O=C(NC1CCN(c2cnccn2)CC1)c1nc[nH]c1C(=O)O. The largest absolute Gasteiger partial charge is 0.477 e. The van der Waals surface area contributed by atoms with Crippen LogP contribution in [-0.4, -0.2) is 56.1 Å². The summed E-state index contributed by atoms with van der Waals surface area (Å²) < 4.78 is 0.